The molecule has 1 aliphatic heterocycles. The van der Waals surface area contributed by atoms with Crippen LogP contribution in [0.3, 0.4) is 0 Å². The topological polar surface area (TPSA) is 72.5 Å². The van der Waals surface area contributed by atoms with E-state index in [-0.39, 0.29) is 5.92 Å². The first-order valence-corrected chi connectivity index (χ1v) is 5.45. The van der Waals surface area contributed by atoms with Gasteiger partial charge in [-0.05, 0) is 13.0 Å². The second-order valence-corrected chi connectivity index (χ2v) is 4.37. The van der Waals surface area contributed by atoms with E-state index in [0.29, 0.717) is 13.0 Å². The summed E-state index contributed by atoms with van der Waals surface area (Å²) in [5.41, 5.74) is 0. The number of rotatable bonds is 2. The molecule has 0 radical (unpaired) electrons. The highest BCUT2D eigenvalue weighted by Gasteiger charge is 2.26. The molecule has 0 bridgehead atoms. The number of hydrogen-bond acceptors (Lipinski definition) is 5. The van der Waals surface area contributed by atoms with Crippen LogP contribution in [-0.2, 0) is 19.1 Å². The third kappa shape index (κ3) is 2.78. The third-order valence-corrected chi connectivity index (χ3v) is 2.09. The molecule has 12 heavy (non-hydrogen) atoms. The van der Waals surface area contributed by atoms with Crippen molar-refractivity contribution in [2.75, 3.05) is 19.3 Å². The van der Waals surface area contributed by atoms with Crippen molar-refractivity contribution in [1.29, 1.82) is 0 Å². The molecular weight excluding hydrogens is 182 g/mol. The third-order valence-electron chi connectivity index (χ3n) is 1.63. The highest BCUT2D eigenvalue weighted by Crippen LogP contribution is 2.10. The molecular formula is C6H11NO4S. The van der Waals surface area contributed by atoms with Gasteiger partial charge in [0.2, 0.25) is 0 Å². The van der Waals surface area contributed by atoms with Gasteiger partial charge in [-0.1, -0.05) is 0 Å². The molecule has 1 rings (SSSR count). The van der Waals surface area contributed by atoms with Crippen LogP contribution in [0.5, 0.6) is 0 Å². The quantitative estimate of drug-likeness (QED) is 0.575. The minimum absolute atomic E-state index is 0.306. The van der Waals surface area contributed by atoms with Crippen molar-refractivity contribution in [2.45, 2.75) is 6.42 Å². The maximum atomic E-state index is 11.0. The Kier molecular flexibility index (Phi) is 2.69. The molecule has 70 valence electrons. The van der Waals surface area contributed by atoms with Crippen LogP contribution in [0.15, 0.2) is 0 Å². The maximum Gasteiger partial charge on any atom is 0.326 e. The minimum Gasteiger partial charge on any atom is -0.346 e. The largest absolute Gasteiger partial charge is 0.346 e. The monoisotopic (exact) mass is 193 g/mol. The van der Waals surface area contributed by atoms with E-state index in [1.807, 2.05) is 0 Å². The summed E-state index contributed by atoms with van der Waals surface area (Å²) in [6, 6.07) is 0. The lowest BCUT2D eigenvalue weighted by Gasteiger charge is -2.05. The van der Waals surface area contributed by atoms with Gasteiger partial charge in [-0.25, -0.2) is 0 Å². The highest BCUT2D eigenvalue weighted by molar-refractivity contribution is 7.86. The molecule has 1 unspecified atom stereocenters. The highest BCUT2D eigenvalue weighted by atomic mass is 32.2. The molecule has 1 saturated heterocycles. The van der Waals surface area contributed by atoms with E-state index < -0.39 is 16.1 Å². The summed E-state index contributed by atoms with van der Waals surface area (Å²) in [6.07, 6.45) is 1.52. The molecule has 1 atom stereocenters. The Labute approximate surface area is 71.2 Å². The maximum absolute atomic E-state index is 11.0. The predicted octanol–water partition coefficient (Wildman–Crippen LogP) is -0.901. The lowest BCUT2D eigenvalue weighted by atomic mass is 10.1. The van der Waals surface area contributed by atoms with Crippen molar-refractivity contribution in [3.63, 3.8) is 0 Å². The van der Waals surface area contributed by atoms with Crippen molar-refractivity contribution >= 4 is 16.1 Å². The Hall–Kier alpha value is -0.620. The number of carbonyl (C=O) groups excluding carboxylic acids is 1. The van der Waals surface area contributed by atoms with Gasteiger partial charge in [0.05, 0.1) is 12.2 Å². The zero-order valence-corrected chi connectivity index (χ0v) is 7.56. The summed E-state index contributed by atoms with van der Waals surface area (Å²) in [5, 5.41) is 2.94. The van der Waals surface area contributed by atoms with Gasteiger partial charge < -0.3 is 9.50 Å². The average Bonchev–Trinajstić information content (AvgIpc) is 2.32. The Balaban J connectivity index is 2.48. The molecule has 0 aromatic heterocycles. The zero-order chi connectivity index (χ0) is 9.19. The lowest BCUT2D eigenvalue weighted by molar-refractivity contribution is -0.137. The van der Waals surface area contributed by atoms with E-state index in [9.17, 15) is 13.2 Å². The number of carbonyl (C=O) groups is 1. The van der Waals surface area contributed by atoms with Crippen LogP contribution in [0.1, 0.15) is 6.42 Å². The van der Waals surface area contributed by atoms with Crippen LogP contribution in [0.2, 0.25) is 0 Å². The second-order valence-electron chi connectivity index (χ2n) is 2.80. The Bertz CT molecular complexity index is 265. The van der Waals surface area contributed by atoms with E-state index in [1.165, 1.54) is 0 Å². The van der Waals surface area contributed by atoms with Crippen molar-refractivity contribution in [3.8, 4) is 0 Å². The lowest BCUT2D eigenvalue weighted by Crippen LogP contribution is -2.22. The van der Waals surface area contributed by atoms with Gasteiger partial charge >= 0.3 is 16.1 Å². The van der Waals surface area contributed by atoms with Crippen LogP contribution in [0.4, 0.5) is 0 Å². The van der Waals surface area contributed by atoms with E-state index >= 15 is 0 Å². The van der Waals surface area contributed by atoms with Crippen molar-refractivity contribution in [2.24, 2.45) is 5.92 Å². The molecule has 0 spiro atoms. The normalized spacial score (nSPS) is 23.9. The van der Waals surface area contributed by atoms with Crippen molar-refractivity contribution in [3.05, 3.63) is 0 Å². The van der Waals surface area contributed by atoms with E-state index in [1.54, 1.807) is 0 Å². The molecule has 1 fully saturated rings. The van der Waals surface area contributed by atoms with Gasteiger partial charge in [-0.2, -0.15) is 8.42 Å². The van der Waals surface area contributed by atoms with Gasteiger partial charge in [0, 0.05) is 6.54 Å². The van der Waals surface area contributed by atoms with Crippen molar-refractivity contribution in [1.82, 2.24) is 5.32 Å². The Morgan fingerprint density at radius 2 is 2.25 bits per heavy atom. The van der Waals surface area contributed by atoms with E-state index in [2.05, 4.69) is 9.50 Å². The van der Waals surface area contributed by atoms with E-state index in [4.69, 9.17) is 0 Å². The van der Waals surface area contributed by atoms with Gasteiger partial charge in [-0.15, -0.1) is 0 Å². The van der Waals surface area contributed by atoms with Gasteiger partial charge in [-0.3, -0.25) is 4.79 Å². The molecule has 0 saturated carbocycles. The summed E-state index contributed by atoms with van der Waals surface area (Å²) in [5.74, 6) is -0.956. The van der Waals surface area contributed by atoms with Gasteiger partial charge in [0.15, 0.2) is 0 Å². The van der Waals surface area contributed by atoms with Crippen LogP contribution >= 0.6 is 0 Å². The Morgan fingerprint density at radius 3 is 2.67 bits per heavy atom. The fraction of sp³-hybridized carbons (Fsp3) is 0.833. The summed E-state index contributed by atoms with van der Waals surface area (Å²) < 4.78 is 25.3. The SMILES string of the molecule is CS(=O)(=O)OC(=O)C1CCNC1. The predicted molar refractivity (Wildman–Crippen MR) is 41.9 cm³/mol. The molecule has 1 heterocycles. The first-order valence-electron chi connectivity index (χ1n) is 3.63. The van der Waals surface area contributed by atoms with Gasteiger partial charge in [0.1, 0.15) is 0 Å². The number of hydrogen-bond donors (Lipinski definition) is 1. The molecule has 1 aliphatic rings. The average molecular weight is 193 g/mol. The zero-order valence-electron chi connectivity index (χ0n) is 6.74. The summed E-state index contributed by atoms with van der Waals surface area (Å²) in [6.45, 7) is 1.25. The second kappa shape index (κ2) is 3.40. The standard InChI is InChI=1S/C6H11NO4S/c1-12(9,10)11-6(8)5-2-3-7-4-5/h5,7H,2-4H2,1H3. The Morgan fingerprint density at radius 1 is 1.58 bits per heavy atom. The van der Waals surface area contributed by atoms with Crippen LogP contribution < -0.4 is 5.32 Å². The minimum atomic E-state index is -3.64. The first kappa shape index (κ1) is 9.47. The number of nitrogens with one attached hydrogen (secondary N) is 1. The fourth-order valence-corrected chi connectivity index (χ4v) is 1.51. The molecule has 0 aromatic rings. The molecule has 6 heteroatoms. The first-order chi connectivity index (χ1) is 5.49. The molecule has 0 aromatic carbocycles. The summed E-state index contributed by atoms with van der Waals surface area (Å²) in [7, 11) is -3.64. The molecule has 5 nitrogen and oxygen atoms in total. The van der Waals surface area contributed by atoms with E-state index in [0.717, 1.165) is 12.8 Å². The summed E-state index contributed by atoms with van der Waals surface area (Å²) >= 11 is 0. The van der Waals surface area contributed by atoms with Crippen LogP contribution in [0.25, 0.3) is 0 Å². The molecule has 0 aliphatic carbocycles. The molecule has 1 N–H and O–H groups in total. The van der Waals surface area contributed by atoms with Crippen LogP contribution in [-0.4, -0.2) is 33.7 Å². The summed E-state index contributed by atoms with van der Waals surface area (Å²) in [4.78, 5) is 11.0. The fourth-order valence-electron chi connectivity index (χ4n) is 1.07. The molecule has 0 amide bonds. The van der Waals surface area contributed by atoms with Crippen molar-refractivity contribution < 1.29 is 17.4 Å². The smallest absolute Gasteiger partial charge is 0.326 e. The van der Waals surface area contributed by atoms with Gasteiger partial charge in [0.25, 0.3) is 0 Å². The van der Waals surface area contributed by atoms with Crippen LogP contribution in [0, 0.1) is 5.92 Å².